The predicted molar refractivity (Wildman–Crippen MR) is 51.6 cm³/mol. The van der Waals surface area contributed by atoms with Gasteiger partial charge in [0.05, 0.1) is 19.3 Å². The molecule has 1 rings (SSSR count). The van der Waals surface area contributed by atoms with E-state index in [1.165, 1.54) is 11.3 Å². The SMILES string of the molecule is CCOC(=O)c1csc(OC)c1C. The minimum absolute atomic E-state index is 0.278. The average molecular weight is 200 g/mol. The third kappa shape index (κ3) is 2.01. The van der Waals surface area contributed by atoms with Gasteiger partial charge < -0.3 is 9.47 Å². The highest BCUT2D eigenvalue weighted by Gasteiger charge is 2.15. The molecular weight excluding hydrogens is 188 g/mol. The van der Waals surface area contributed by atoms with Crippen LogP contribution in [0, 0.1) is 6.92 Å². The first-order chi connectivity index (χ1) is 6.20. The van der Waals surface area contributed by atoms with Crippen LogP contribution in [-0.2, 0) is 4.74 Å². The van der Waals surface area contributed by atoms with Gasteiger partial charge in [-0.25, -0.2) is 4.79 Å². The van der Waals surface area contributed by atoms with Crippen LogP contribution < -0.4 is 4.74 Å². The zero-order valence-electron chi connectivity index (χ0n) is 7.92. The normalized spacial score (nSPS) is 9.77. The van der Waals surface area contributed by atoms with Crippen LogP contribution in [0.15, 0.2) is 5.38 Å². The van der Waals surface area contributed by atoms with Gasteiger partial charge in [0.1, 0.15) is 0 Å². The molecule has 0 aliphatic heterocycles. The van der Waals surface area contributed by atoms with Crippen LogP contribution in [0.2, 0.25) is 0 Å². The van der Waals surface area contributed by atoms with E-state index in [0.29, 0.717) is 12.2 Å². The molecule has 0 fully saturated rings. The minimum atomic E-state index is -0.278. The van der Waals surface area contributed by atoms with Gasteiger partial charge in [-0.3, -0.25) is 0 Å². The Bertz CT molecular complexity index is 304. The molecule has 0 saturated carbocycles. The maximum Gasteiger partial charge on any atom is 0.339 e. The highest BCUT2D eigenvalue weighted by molar-refractivity contribution is 7.12. The summed E-state index contributed by atoms with van der Waals surface area (Å²) in [5.41, 5.74) is 1.45. The maximum atomic E-state index is 11.3. The van der Waals surface area contributed by atoms with Gasteiger partial charge >= 0.3 is 5.97 Å². The number of hydrogen-bond acceptors (Lipinski definition) is 4. The third-order valence-corrected chi connectivity index (χ3v) is 2.72. The van der Waals surface area contributed by atoms with Crippen molar-refractivity contribution in [2.45, 2.75) is 13.8 Å². The highest BCUT2D eigenvalue weighted by Crippen LogP contribution is 2.29. The van der Waals surface area contributed by atoms with Crippen molar-refractivity contribution < 1.29 is 14.3 Å². The topological polar surface area (TPSA) is 35.5 Å². The molecule has 1 aromatic rings. The smallest absolute Gasteiger partial charge is 0.339 e. The molecular formula is C9H12O3S. The second kappa shape index (κ2) is 4.28. The fourth-order valence-corrected chi connectivity index (χ4v) is 1.89. The first-order valence-corrected chi connectivity index (χ1v) is 4.87. The molecule has 0 spiro atoms. The quantitative estimate of drug-likeness (QED) is 0.702. The monoisotopic (exact) mass is 200 g/mol. The van der Waals surface area contributed by atoms with Crippen molar-refractivity contribution >= 4 is 17.3 Å². The van der Waals surface area contributed by atoms with Gasteiger partial charge in [0.2, 0.25) is 0 Å². The van der Waals surface area contributed by atoms with Crippen LogP contribution in [0.5, 0.6) is 5.06 Å². The van der Waals surface area contributed by atoms with Crippen molar-refractivity contribution in [1.29, 1.82) is 0 Å². The molecule has 0 atom stereocenters. The Balaban J connectivity index is 2.89. The number of hydrogen-bond donors (Lipinski definition) is 0. The van der Waals surface area contributed by atoms with Crippen LogP contribution >= 0.6 is 11.3 Å². The lowest BCUT2D eigenvalue weighted by atomic mass is 10.2. The third-order valence-electron chi connectivity index (χ3n) is 1.67. The number of ether oxygens (including phenoxy) is 2. The van der Waals surface area contributed by atoms with Crippen LogP contribution in [0.25, 0.3) is 0 Å². The summed E-state index contributed by atoms with van der Waals surface area (Å²) in [6.07, 6.45) is 0. The summed E-state index contributed by atoms with van der Waals surface area (Å²) in [5, 5.41) is 2.52. The van der Waals surface area contributed by atoms with Crippen LogP contribution in [0.1, 0.15) is 22.8 Å². The molecule has 0 aromatic carbocycles. The second-order valence-corrected chi connectivity index (χ2v) is 3.33. The summed E-state index contributed by atoms with van der Waals surface area (Å²) < 4.78 is 9.94. The Labute approximate surface area is 81.3 Å². The average Bonchev–Trinajstić information content (AvgIpc) is 2.47. The van der Waals surface area contributed by atoms with Crippen molar-refractivity contribution in [1.82, 2.24) is 0 Å². The van der Waals surface area contributed by atoms with Crippen molar-refractivity contribution in [3.05, 3.63) is 16.5 Å². The fourth-order valence-electron chi connectivity index (χ4n) is 1.01. The van der Waals surface area contributed by atoms with E-state index in [0.717, 1.165) is 10.6 Å². The second-order valence-electron chi connectivity index (χ2n) is 2.49. The molecule has 72 valence electrons. The van der Waals surface area contributed by atoms with Crippen molar-refractivity contribution in [3.8, 4) is 5.06 Å². The summed E-state index contributed by atoms with van der Waals surface area (Å²) in [6.45, 7) is 4.04. The first kappa shape index (κ1) is 10.1. The van der Waals surface area contributed by atoms with E-state index in [-0.39, 0.29) is 5.97 Å². The maximum absolute atomic E-state index is 11.3. The van der Waals surface area contributed by atoms with Crippen molar-refractivity contribution in [2.24, 2.45) is 0 Å². The molecule has 0 amide bonds. The van der Waals surface area contributed by atoms with Gasteiger partial charge in [0.15, 0.2) is 5.06 Å². The molecule has 4 heteroatoms. The standard InChI is InChI=1S/C9H12O3S/c1-4-12-8(10)7-5-13-9(11-3)6(7)2/h5H,4H2,1-3H3. The molecule has 0 unspecified atom stereocenters. The number of esters is 1. The van der Waals surface area contributed by atoms with E-state index in [1.54, 1.807) is 19.4 Å². The number of carbonyl (C=O) groups excluding carboxylic acids is 1. The van der Waals surface area contributed by atoms with Crippen LogP contribution in [0.4, 0.5) is 0 Å². The molecule has 0 bridgehead atoms. The fraction of sp³-hybridized carbons (Fsp3) is 0.444. The molecule has 1 aromatic heterocycles. The number of thiophene rings is 1. The molecule has 0 saturated heterocycles. The molecule has 0 radical (unpaired) electrons. The van der Waals surface area contributed by atoms with Gasteiger partial charge in [-0.05, 0) is 13.8 Å². The van der Waals surface area contributed by atoms with Crippen molar-refractivity contribution in [3.63, 3.8) is 0 Å². The van der Waals surface area contributed by atoms with E-state index in [4.69, 9.17) is 9.47 Å². The molecule has 0 N–H and O–H groups in total. The van der Waals surface area contributed by atoms with E-state index >= 15 is 0 Å². The first-order valence-electron chi connectivity index (χ1n) is 3.99. The molecule has 0 aliphatic carbocycles. The Hall–Kier alpha value is -1.03. The Morgan fingerprint density at radius 3 is 2.77 bits per heavy atom. The van der Waals surface area contributed by atoms with E-state index in [9.17, 15) is 4.79 Å². The van der Waals surface area contributed by atoms with E-state index < -0.39 is 0 Å². The lowest BCUT2D eigenvalue weighted by molar-refractivity contribution is 0.0526. The molecule has 13 heavy (non-hydrogen) atoms. The summed E-state index contributed by atoms with van der Waals surface area (Å²) in [7, 11) is 1.59. The van der Waals surface area contributed by atoms with E-state index in [1.807, 2.05) is 6.92 Å². The minimum Gasteiger partial charge on any atom is -0.487 e. The Kier molecular flexibility index (Phi) is 3.31. The Morgan fingerprint density at radius 1 is 1.62 bits per heavy atom. The summed E-state index contributed by atoms with van der Waals surface area (Å²) in [6, 6.07) is 0. The largest absolute Gasteiger partial charge is 0.487 e. The molecule has 1 heterocycles. The number of methoxy groups -OCH3 is 1. The number of rotatable bonds is 3. The predicted octanol–water partition coefficient (Wildman–Crippen LogP) is 2.24. The highest BCUT2D eigenvalue weighted by atomic mass is 32.1. The summed E-state index contributed by atoms with van der Waals surface area (Å²) >= 11 is 1.41. The Morgan fingerprint density at radius 2 is 2.31 bits per heavy atom. The van der Waals surface area contributed by atoms with Crippen LogP contribution in [-0.4, -0.2) is 19.7 Å². The van der Waals surface area contributed by atoms with Gasteiger partial charge in [-0.2, -0.15) is 0 Å². The molecule has 0 aliphatic rings. The van der Waals surface area contributed by atoms with Gasteiger partial charge in [0.25, 0.3) is 0 Å². The zero-order valence-corrected chi connectivity index (χ0v) is 8.73. The lowest BCUT2D eigenvalue weighted by Gasteiger charge is -2.00. The number of carbonyl (C=O) groups is 1. The molecule has 3 nitrogen and oxygen atoms in total. The van der Waals surface area contributed by atoms with Gasteiger partial charge in [-0.1, -0.05) is 0 Å². The van der Waals surface area contributed by atoms with Gasteiger partial charge in [0, 0.05) is 10.9 Å². The van der Waals surface area contributed by atoms with E-state index in [2.05, 4.69) is 0 Å². The van der Waals surface area contributed by atoms with Crippen molar-refractivity contribution in [2.75, 3.05) is 13.7 Å². The van der Waals surface area contributed by atoms with Crippen LogP contribution in [0.3, 0.4) is 0 Å². The summed E-state index contributed by atoms with van der Waals surface area (Å²) in [5.74, 6) is -0.278. The van der Waals surface area contributed by atoms with Gasteiger partial charge in [-0.15, -0.1) is 11.3 Å². The summed E-state index contributed by atoms with van der Waals surface area (Å²) in [4.78, 5) is 11.3. The zero-order chi connectivity index (χ0) is 9.84. The lowest BCUT2D eigenvalue weighted by Crippen LogP contribution is -2.04.